The van der Waals surface area contributed by atoms with Gasteiger partial charge in [-0.3, -0.25) is 14.4 Å². The van der Waals surface area contributed by atoms with Crippen LogP contribution < -0.4 is 16.6 Å². The van der Waals surface area contributed by atoms with Crippen LogP contribution in [0.2, 0.25) is 0 Å². The second-order valence-corrected chi connectivity index (χ2v) is 5.52. The summed E-state index contributed by atoms with van der Waals surface area (Å²) in [6, 6.07) is 9.36. The van der Waals surface area contributed by atoms with Crippen molar-refractivity contribution in [3.63, 3.8) is 0 Å². The van der Waals surface area contributed by atoms with Gasteiger partial charge in [-0.05, 0) is 43.2 Å². The van der Waals surface area contributed by atoms with Crippen LogP contribution in [0.4, 0.5) is 5.69 Å². The van der Waals surface area contributed by atoms with Crippen molar-refractivity contribution in [1.82, 2.24) is 9.78 Å². The fraction of sp³-hybridized carbons (Fsp3) is 0.250. The molecule has 1 aliphatic carbocycles. The second-order valence-electron chi connectivity index (χ2n) is 5.52. The van der Waals surface area contributed by atoms with E-state index in [-0.39, 0.29) is 18.0 Å². The largest absolute Gasteiger partial charge is 0.366 e. The van der Waals surface area contributed by atoms with Crippen LogP contribution in [0.5, 0.6) is 0 Å². The van der Waals surface area contributed by atoms with E-state index in [2.05, 4.69) is 10.4 Å². The van der Waals surface area contributed by atoms with Crippen LogP contribution >= 0.6 is 0 Å². The maximum absolute atomic E-state index is 12.0. The second kappa shape index (κ2) is 6.04. The first kappa shape index (κ1) is 15.0. The van der Waals surface area contributed by atoms with Crippen molar-refractivity contribution in [2.45, 2.75) is 25.3 Å². The zero-order valence-corrected chi connectivity index (χ0v) is 12.4. The van der Waals surface area contributed by atoms with Gasteiger partial charge in [0.25, 0.3) is 5.56 Å². The molecule has 1 fully saturated rings. The Morgan fingerprint density at radius 2 is 1.87 bits per heavy atom. The summed E-state index contributed by atoms with van der Waals surface area (Å²) in [5.41, 5.74) is 6.57. The van der Waals surface area contributed by atoms with Crippen molar-refractivity contribution in [2.24, 2.45) is 5.73 Å². The molecular weight excluding hydrogens is 296 g/mol. The molecule has 1 aromatic carbocycles. The molecule has 0 saturated heterocycles. The summed E-state index contributed by atoms with van der Waals surface area (Å²) in [6.07, 6.45) is 2.15. The molecule has 2 amide bonds. The SMILES string of the molecule is NC(=O)c1ccc(NC(=O)Cn2nc(C3CC3)ccc2=O)cc1. The smallest absolute Gasteiger partial charge is 0.267 e. The highest BCUT2D eigenvalue weighted by atomic mass is 16.2. The van der Waals surface area contributed by atoms with E-state index in [0.717, 1.165) is 18.5 Å². The molecule has 1 saturated carbocycles. The van der Waals surface area contributed by atoms with Gasteiger partial charge in [0.15, 0.2) is 0 Å². The number of nitrogens with one attached hydrogen (secondary N) is 1. The van der Waals surface area contributed by atoms with Crippen LogP contribution in [0.25, 0.3) is 0 Å². The molecule has 1 heterocycles. The molecule has 0 unspecified atom stereocenters. The van der Waals surface area contributed by atoms with Crippen LogP contribution in [-0.4, -0.2) is 21.6 Å². The van der Waals surface area contributed by atoms with Gasteiger partial charge < -0.3 is 11.1 Å². The lowest BCUT2D eigenvalue weighted by Gasteiger charge is -2.08. The Labute approximate surface area is 132 Å². The van der Waals surface area contributed by atoms with Crippen molar-refractivity contribution in [2.75, 3.05) is 5.32 Å². The van der Waals surface area contributed by atoms with Gasteiger partial charge in [-0.25, -0.2) is 4.68 Å². The molecule has 2 aromatic rings. The lowest BCUT2D eigenvalue weighted by atomic mass is 10.2. The molecule has 118 valence electrons. The standard InChI is InChI=1S/C16H16N4O3/c17-16(23)11-3-5-12(6-4-11)18-14(21)9-20-15(22)8-7-13(19-20)10-1-2-10/h3-8,10H,1-2,9H2,(H2,17,23)(H,18,21). The van der Waals surface area contributed by atoms with Crippen molar-refractivity contribution >= 4 is 17.5 Å². The maximum atomic E-state index is 12.0. The average molecular weight is 312 g/mol. The number of aromatic nitrogens is 2. The summed E-state index contributed by atoms with van der Waals surface area (Å²) in [5.74, 6) is -0.485. The number of rotatable bonds is 5. The van der Waals surface area contributed by atoms with Gasteiger partial charge >= 0.3 is 0 Å². The summed E-state index contributed by atoms with van der Waals surface area (Å²) in [6.45, 7) is -0.156. The van der Waals surface area contributed by atoms with Crippen LogP contribution in [0.1, 0.15) is 34.8 Å². The van der Waals surface area contributed by atoms with Crippen LogP contribution in [0, 0.1) is 0 Å². The third-order valence-corrected chi connectivity index (χ3v) is 3.63. The van der Waals surface area contributed by atoms with Crippen LogP contribution in [0.3, 0.4) is 0 Å². The first-order chi connectivity index (χ1) is 11.0. The predicted molar refractivity (Wildman–Crippen MR) is 84.1 cm³/mol. The minimum atomic E-state index is -0.532. The summed E-state index contributed by atoms with van der Waals surface area (Å²) in [7, 11) is 0. The predicted octanol–water partition coefficient (Wildman–Crippen LogP) is 0.858. The minimum Gasteiger partial charge on any atom is -0.366 e. The fourth-order valence-electron chi connectivity index (χ4n) is 2.23. The number of benzene rings is 1. The van der Waals surface area contributed by atoms with Crippen molar-refractivity contribution in [3.8, 4) is 0 Å². The number of carbonyl (C=O) groups excluding carboxylic acids is 2. The number of primary amides is 1. The molecule has 0 atom stereocenters. The van der Waals surface area contributed by atoms with Gasteiger partial charge in [-0.1, -0.05) is 0 Å². The molecule has 0 aliphatic heterocycles. The van der Waals surface area contributed by atoms with Gasteiger partial charge in [0.2, 0.25) is 11.8 Å². The monoisotopic (exact) mass is 312 g/mol. The number of carbonyl (C=O) groups is 2. The molecule has 0 radical (unpaired) electrons. The van der Waals surface area contributed by atoms with E-state index in [4.69, 9.17) is 5.73 Å². The van der Waals surface area contributed by atoms with E-state index < -0.39 is 5.91 Å². The Balaban J connectivity index is 1.68. The van der Waals surface area contributed by atoms with E-state index in [9.17, 15) is 14.4 Å². The molecule has 3 N–H and O–H groups in total. The lowest BCUT2D eigenvalue weighted by molar-refractivity contribution is -0.117. The van der Waals surface area contributed by atoms with Gasteiger partial charge in [0.05, 0.1) is 5.69 Å². The maximum Gasteiger partial charge on any atom is 0.267 e. The number of amides is 2. The Kier molecular flexibility index (Phi) is 3.92. The van der Waals surface area contributed by atoms with E-state index in [0.29, 0.717) is 17.2 Å². The normalized spacial score (nSPS) is 13.6. The van der Waals surface area contributed by atoms with Gasteiger partial charge in [-0.15, -0.1) is 0 Å². The number of nitrogens with two attached hydrogens (primary N) is 1. The van der Waals surface area contributed by atoms with E-state index in [1.165, 1.54) is 22.9 Å². The lowest BCUT2D eigenvalue weighted by Crippen LogP contribution is -2.29. The molecule has 7 heteroatoms. The van der Waals surface area contributed by atoms with Gasteiger partial charge in [0, 0.05) is 23.2 Å². The molecular formula is C16H16N4O3. The molecule has 0 bridgehead atoms. The summed E-state index contributed by atoms with van der Waals surface area (Å²) < 4.78 is 1.17. The zero-order valence-electron chi connectivity index (χ0n) is 12.4. The number of nitrogens with zero attached hydrogens (tertiary/aromatic N) is 2. The van der Waals surface area contributed by atoms with E-state index in [1.54, 1.807) is 18.2 Å². The first-order valence-electron chi connectivity index (χ1n) is 7.31. The molecule has 7 nitrogen and oxygen atoms in total. The van der Waals surface area contributed by atoms with E-state index in [1.807, 2.05) is 0 Å². The zero-order chi connectivity index (χ0) is 16.4. The topological polar surface area (TPSA) is 107 Å². The van der Waals surface area contributed by atoms with Crippen LogP contribution in [0.15, 0.2) is 41.2 Å². The number of hydrogen-bond donors (Lipinski definition) is 2. The number of hydrogen-bond acceptors (Lipinski definition) is 4. The first-order valence-corrected chi connectivity index (χ1v) is 7.31. The van der Waals surface area contributed by atoms with Crippen molar-refractivity contribution in [1.29, 1.82) is 0 Å². The average Bonchev–Trinajstić information content (AvgIpc) is 3.35. The highest BCUT2D eigenvalue weighted by molar-refractivity contribution is 5.94. The third-order valence-electron chi connectivity index (χ3n) is 3.63. The van der Waals surface area contributed by atoms with Gasteiger partial charge in [0.1, 0.15) is 6.54 Å². The minimum absolute atomic E-state index is 0.156. The molecule has 1 aromatic heterocycles. The van der Waals surface area contributed by atoms with Gasteiger partial charge in [-0.2, -0.15) is 5.10 Å². The Bertz CT molecular complexity index is 807. The molecule has 23 heavy (non-hydrogen) atoms. The van der Waals surface area contributed by atoms with Crippen molar-refractivity contribution in [3.05, 3.63) is 58.0 Å². The fourth-order valence-corrected chi connectivity index (χ4v) is 2.23. The Morgan fingerprint density at radius 1 is 1.17 bits per heavy atom. The number of anilines is 1. The summed E-state index contributed by atoms with van der Waals surface area (Å²) >= 11 is 0. The Hall–Kier alpha value is -2.96. The Morgan fingerprint density at radius 3 is 2.48 bits per heavy atom. The highest BCUT2D eigenvalue weighted by Crippen LogP contribution is 2.38. The summed E-state index contributed by atoms with van der Waals surface area (Å²) in [5, 5.41) is 6.89. The molecule has 3 rings (SSSR count). The third kappa shape index (κ3) is 3.63. The highest BCUT2D eigenvalue weighted by Gasteiger charge is 2.25. The summed E-state index contributed by atoms with van der Waals surface area (Å²) in [4.78, 5) is 34.8. The molecule has 0 spiro atoms. The quantitative estimate of drug-likeness (QED) is 0.853. The van der Waals surface area contributed by atoms with E-state index >= 15 is 0 Å². The molecule has 1 aliphatic rings. The van der Waals surface area contributed by atoms with Crippen LogP contribution in [-0.2, 0) is 11.3 Å². The van der Waals surface area contributed by atoms with Crippen molar-refractivity contribution < 1.29 is 9.59 Å².